The van der Waals surface area contributed by atoms with Crippen LogP contribution in [0.3, 0.4) is 0 Å². The van der Waals surface area contributed by atoms with E-state index in [9.17, 15) is 4.79 Å². The monoisotopic (exact) mass is 748 g/mol. The van der Waals surface area contributed by atoms with Gasteiger partial charge in [-0.15, -0.1) is 0 Å². The highest BCUT2D eigenvalue weighted by Crippen LogP contribution is 2.64. The molecule has 0 amide bonds. The van der Waals surface area contributed by atoms with E-state index in [-0.39, 0.29) is 5.56 Å². The molecule has 0 atom stereocenters. The molecule has 3 heteroatoms. The van der Waals surface area contributed by atoms with Gasteiger partial charge in [0, 0.05) is 43.6 Å². The van der Waals surface area contributed by atoms with Gasteiger partial charge in [-0.3, -0.25) is 9.20 Å². The van der Waals surface area contributed by atoms with Gasteiger partial charge in [0.2, 0.25) is 0 Å². The fraction of sp³-hybridized carbons (Fsp3) is 0.0179. The summed E-state index contributed by atoms with van der Waals surface area (Å²) in [5.74, 6) is 0. The molecule has 2 aliphatic rings. The molecule has 0 saturated carbocycles. The van der Waals surface area contributed by atoms with Crippen LogP contribution in [-0.4, -0.2) is 8.97 Å². The zero-order valence-electron chi connectivity index (χ0n) is 31.8. The predicted molar refractivity (Wildman–Crippen MR) is 243 cm³/mol. The van der Waals surface area contributed by atoms with Crippen LogP contribution in [0.4, 0.5) is 0 Å². The summed E-state index contributed by atoms with van der Waals surface area (Å²) in [5, 5.41) is 7.47. The maximum atomic E-state index is 14.0. The van der Waals surface area contributed by atoms with Gasteiger partial charge in [0.25, 0.3) is 5.56 Å². The molecule has 14 rings (SSSR count). The van der Waals surface area contributed by atoms with Crippen LogP contribution in [-0.2, 0) is 5.41 Å². The Hall–Kier alpha value is -7.75. The van der Waals surface area contributed by atoms with Gasteiger partial charge in [-0.05, 0) is 97.9 Å². The van der Waals surface area contributed by atoms with E-state index in [0.717, 1.165) is 54.8 Å². The maximum absolute atomic E-state index is 14.0. The second-order valence-electron chi connectivity index (χ2n) is 16.3. The van der Waals surface area contributed by atoms with Crippen LogP contribution in [0, 0.1) is 0 Å². The van der Waals surface area contributed by atoms with Gasteiger partial charge in [0.1, 0.15) is 0 Å². The van der Waals surface area contributed by atoms with Gasteiger partial charge in [-0.2, -0.15) is 0 Å². The number of hydrogen-bond donors (Lipinski definition) is 0. The lowest BCUT2D eigenvalue weighted by atomic mass is 9.70. The summed E-state index contributed by atoms with van der Waals surface area (Å²) in [6.45, 7) is 0. The molecule has 0 N–H and O–H groups in total. The van der Waals surface area contributed by atoms with E-state index < -0.39 is 5.41 Å². The van der Waals surface area contributed by atoms with Crippen molar-refractivity contribution in [3.63, 3.8) is 0 Å². The number of aromatic nitrogens is 2. The second-order valence-corrected chi connectivity index (χ2v) is 16.3. The van der Waals surface area contributed by atoms with Crippen LogP contribution >= 0.6 is 0 Å². The van der Waals surface area contributed by atoms with Crippen LogP contribution in [0.15, 0.2) is 199 Å². The Labute approximate surface area is 338 Å². The van der Waals surface area contributed by atoms with Gasteiger partial charge in [0.05, 0.1) is 27.5 Å². The van der Waals surface area contributed by atoms with Crippen molar-refractivity contribution in [1.29, 1.82) is 0 Å². The normalized spacial score (nSPS) is 13.6. The molecule has 1 spiro atoms. The number of fused-ring (bicyclic) bond motifs is 19. The van der Waals surface area contributed by atoms with Gasteiger partial charge in [-0.25, -0.2) is 0 Å². The van der Waals surface area contributed by atoms with Crippen molar-refractivity contribution in [2.75, 3.05) is 0 Å². The van der Waals surface area contributed by atoms with Crippen molar-refractivity contribution in [3.05, 3.63) is 227 Å². The molecule has 0 saturated heterocycles. The molecule has 0 radical (unpaired) electrons. The second kappa shape index (κ2) is 11.0. The molecule has 3 heterocycles. The zero-order valence-corrected chi connectivity index (χ0v) is 31.8. The van der Waals surface area contributed by atoms with E-state index in [1.807, 2.05) is 28.7 Å². The van der Waals surface area contributed by atoms with Crippen LogP contribution in [0.5, 0.6) is 0 Å². The number of hydrogen-bond acceptors (Lipinski definition) is 1. The molecule has 3 nitrogen and oxygen atoms in total. The van der Waals surface area contributed by atoms with E-state index in [4.69, 9.17) is 0 Å². The largest absolute Gasteiger partial charge is 0.309 e. The molecule has 12 aromatic rings. The first-order valence-electron chi connectivity index (χ1n) is 20.4. The standard InChI is InChI=1S/C56H32N2O/c59-55-42-21-2-1-16-36(42)44-31-34(32-45-40-20-7-12-27-51(40)58(55)53(44)45)33-14-13-15-35(30-33)57-50-26-11-6-19-39(50)41-28-29-49-52(54(41)57)43-22-5-10-25-48(43)56(49)46-23-8-3-17-37(46)38-18-4-9-24-47(38)56/h1-32H. The first-order chi connectivity index (χ1) is 29.2. The summed E-state index contributed by atoms with van der Waals surface area (Å²) in [4.78, 5) is 14.0. The Balaban J connectivity index is 1.08. The highest BCUT2D eigenvalue weighted by Gasteiger charge is 2.52. The number of para-hydroxylation sites is 2. The van der Waals surface area contributed by atoms with Crippen molar-refractivity contribution in [2.24, 2.45) is 0 Å². The summed E-state index contributed by atoms with van der Waals surface area (Å²) in [6, 6.07) is 70.8. The Kier molecular flexibility index (Phi) is 5.85. The van der Waals surface area contributed by atoms with Gasteiger partial charge >= 0.3 is 0 Å². The van der Waals surface area contributed by atoms with Crippen LogP contribution in [0.1, 0.15) is 22.3 Å². The minimum atomic E-state index is -0.427. The Bertz CT molecular complexity index is 3840. The predicted octanol–water partition coefficient (Wildman–Crippen LogP) is 13.3. The maximum Gasteiger partial charge on any atom is 0.263 e. The molecule has 59 heavy (non-hydrogen) atoms. The van der Waals surface area contributed by atoms with E-state index in [1.54, 1.807) is 0 Å². The van der Waals surface area contributed by atoms with E-state index in [2.05, 4.69) is 174 Å². The zero-order chi connectivity index (χ0) is 38.6. The molecule has 0 fully saturated rings. The third-order valence-corrected chi connectivity index (χ3v) is 13.7. The topological polar surface area (TPSA) is 26.4 Å². The van der Waals surface area contributed by atoms with Crippen molar-refractivity contribution < 1.29 is 0 Å². The average molecular weight is 749 g/mol. The van der Waals surface area contributed by atoms with Crippen molar-refractivity contribution in [1.82, 2.24) is 8.97 Å². The number of benzene rings is 9. The minimum Gasteiger partial charge on any atom is -0.309 e. The lowest BCUT2D eigenvalue weighted by molar-refractivity contribution is 0.794. The Morgan fingerprint density at radius 3 is 1.64 bits per heavy atom. The molecule has 2 aliphatic carbocycles. The third-order valence-electron chi connectivity index (χ3n) is 13.7. The minimum absolute atomic E-state index is 0.0286. The third kappa shape index (κ3) is 3.72. The lowest BCUT2D eigenvalue weighted by Gasteiger charge is -2.30. The fourth-order valence-electron chi connectivity index (χ4n) is 11.4. The smallest absolute Gasteiger partial charge is 0.263 e. The van der Waals surface area contributed by atoms with Crippen molar-refractivity contribution in [3.8, 4) is 39.1 Å². The first-order valence-corrected chi connectivity index (χ1v) is 20.4. The average Bonchev–Trinajstić information content (AvgIpc) is 4.01. The summed E-state index contributed by atoms with van der Waals surface area (Å²) in [5.41, 5.74) is 17.9. The molecule has 9 aromatic carbocycles. The molecular weight excluding hydrogens is 717 g/mol. The number of pyridine rings is 1. The van der Waals surface area contributed by atoms with Gasteiger partial charge in [-0.1, -0.05) is 152 Å². The highest BCUT2D eigenvalue weighted by molar-refractivity contribution is 6.22. The summed E-state index contributed by atoms with van der Waals surface area (Å²) < 4.78 is 4.44. The van der Waals surface area contributed by atoms with E-state index in [1.165, 1.54) is 66.3 Å². The molecule has 0 bridgehead atoms. The number of nitrogens with zero attached hydrogens (tertiary/aromatic N) is 2. The van der Waals surface area contributed by atoms with E-state index in [0.29, 0.717) is 0 Å². The molecule has 3 aromatic heterocycles. The summed E-state index contributed by atoms with van der Waals surface area (Å²) in [7, 11) is 0. The van der Waals surface area contributed by atoms with Gasteiger partial charge in [0.15, 0.2) is 0 Å². The molecule has 272 valence electrons. The van der Waals surface area contributed by atoms with Crippen LogP contribution in [0.2, 0.25) is 0 Å². The quantitative estimate of drug-likeness (QED) is 0.162. The Morgan fingerprint density at radius 1 is 0.356 bits per heavy atom. The number of rotatable bonds is 2. The van der Waals surface area contributed by atoms with E-state index >= 15 is 0 Å². The highest BCUT2D eigenvalue weighted by atomic mass is 16.1. The lowest BCUT2D eigenvalue weighted by Crippen LogP contribution is -2.25. The van der Waals surface area contributed by atoms with Crippen molar-refractivity contribution in [2.45, 2.75) is 5.41 Å². The summed E-state index contributed by atoms with van der Waals surface area (Å²) in [6.07, 6.45) is 0. The molecular formula is C56H32N2O. The van der Waals surface area contributed by atoms with Gasteiger partial charge < -0.3 is 4.57 Å². The SMILES string of the molecule is O=c1c2ccccc2c2cc(-c3cccc(-n4c5ccccc5c5ccc6c(c54)-c4ccccc4C64c5ccccc5-c5ccccc54)c3)cc3c4ccccc4n1c23. The summed E-state index contributed by atoms with van der Waals surface area (Å²) >= 11 is 0. The first kappa shape index (κ1) is 31.3. The van der Waals surface area contributed by atoms with Crippen molar-refractivity contribution >= 4 is 59.8 Å². The fourth-order valence-corrected chi connectivity index (χ4v) is 11.4. The Morgan fingerprint density at radius 2 is 0.915 bits per heavy atom. The molecule has 0 aliphatic heterocycles. The van der Waals surface area contributed by atoms with Crippen LogP contribution < -0.4 is 5.56 Å². The van der Waals surface area contributed by atoms with Crippen LogP contribution in [0.25, 0.3) is 98.8 Å². The molecule has 0 unspecified atom stereocenters.